The molecule has 0 spiro atoms. The van der Waals surface area contributed by atoms with Gasteiger partial charge in [0.2, 0.25) is 0 Å². The number of hydrogen-bond donors (Lipinski definition) is 0. The first kappa shape index (κ1) is 24.8. The smallest absolute Gasteiger partial charge is 0.0708 e. The van der Waals surface area contributed by atoms with E-state index in [-0.39, 0.29) is 10.8 Å². The van der Waals surface area contributed by atoms with Gasteiger partial charge >= 0.3 is 0 Å². The molecule has 0 saturated carbocycles. The molecule has 0 rings (SSSR count). The van der Waals surface area contributed by atoms with Crippen LogP contribution in [0, 0.1) is 34.5 Å². The van der Waals surface area contributed by atoms with Gasteiger partial charge in [-0.15, -0.1) is 0 Å². The van der Waals surface area contributed by atoms with Crippen molar-refractivity contribution in [3.63, 3.8) is 0 Å². The van der Waals surface area contributed by atoms with Crippen molar-refractivity contribution in [3.8, 4) is 23.7 Å². The summed E-state index contributed by atoms with van der Waals surface area (Å²) in [4.78, 5) is 0. The van der Waals surface area contributed by atoms with E-state index in [9.17, 15) is 0 Å². The van der Waals surface area contributed by atoms with Crippen molar-refractivity contribution in [1.29, 1.82) is 0 Å². The van der Waals surface area contributed by atoms with Gasteiger partial charge in [-0.3, -0.25) is 0 Å². The van der Waals surface area contributed by atoms with Gasteiger partial charge in [0, 0.05) is 0 Å². The van der Waals surface area contributed by atoms with E-state index in [1.807, 2.05) is 12.2 Å². The summed E-state index contributed by atoms with van der Waals surface area (Å²) in [7, 11) is -3.14. The molecule has 0 aliphatic rings. The Hall–Kier alpha value is -1.23. The Balaban J connectivity index is 6.22. The molecule has 0 bridgehead atoms. The molecule has 0 heterocycles. The number of allylic oxidation sites excluding steroid dienone is 6. The highest BCUT2D eigenvalue weighted by atomic mass is 28.3. The molecule has 0 saturated heterocycles. The standard InChI is InChI=1S/C24H40Si2/c1-23(2,3)19-15-13-17-21(25(7,8)9)22(26(10,11)12)18-14-16-20-24(4,5)6/h15-16,19-20H,1-12H3/b19-15+,20-16+,22-21+. The molecule has 0 atom stereocenters. The zero-order chi connectivity index (χ0) is 20.8. The predicted octanol–water partition coefficient (Wildman–Crippen LogP) is 7.25. The number of rotatable bonds is 2. The minimum atomic E-state index is -1.57. The van der Waals surface area contributed by atoms with Crippen LogP contribution >= 0.6 is 0 Å². The van der Waals surface area contributed by atoms with Crippen LogP contribution in [0.2, 0.25) is 39.3 Å². The summed E-state index contributed by atoms with van der Waals surface area (Å²) in [5.74, 6) is 13.6. The van der Waals surface area contributed by atoms with Crippen LogP contribution < -0.4 is 0 Å². The van der Waals surface area contributed by atoms with Crippen molar-refractivity contribution in [2.24, 2.45) is 10.8 Å². The quantitative estimate of drug-likeness (QED) is 0.347. The highest BCUT2D eigenvalue weighted by molar-refractivity contribution is 6.90. The predicted molar refractivity (Wildman–Crippen MR) is 126 cm³/mol. The fraction of sp³-hybridized carbons (Fsp3) is 0.583. The molecule has 0 amide bonds. The molecule has 0 aliphatic heterocycles. The molecular weight excluding hydrogens is 344 g/mol. The number of hydrogen-bond acceptors (Lipinski definition) is 0. The molecule has 0 N–H and O–H groups in total. The van der Waals surface area contributed by atoms with Crippen molar-refractivity contribution in [2.45, 2.75) is 80.8 Å². The summed E-state index contributed by atoms with van der Waals surface area (Å²) in [5, 5.41) is 2.65. The zero-order valence-corrected chi connectivity index (χ0v) is 21.3. The van der Waals surface area contributed by atoms with Crippen LogP contribution in [0.25, 0.3) is 0 Å². The molecule has 144 valence electrons. The monoisotopic (exact) mass is 384 g/mol. The maximum absolute atomic E-state index is 3.51. The Morgan fingerprint density at radius 1 is 0.577 bits per heavy atom. The molecule has 0 unspecified atom stereocenters. The lowest BCUT2D eigenvalue weighted by Crippen LogP contribution is -2.32. The van der Waals surface area contributed by atoms with Gasteiger partial charge in [0.1, 0.15) is 0 Å². The van der Waals surface area contributed by atoms with Crippen LogP contribution in [0.4, 0.5) is 0 Å². The van der Waals surface area contributed by atoms with E-state index >= 15 is 0 Å². The van der Waals surface area contributed by atoms with E-state index in [0.29, 0.717) is 0 Å². The van der Waals surface area contributed by atoms with Crippen LogP contribution in [0.15, 0.2) is 34.7 Å². The van der Waals surface area contributed by atoms with Gasteiger partial charge in [-0.2, -0.15) is 0 Å². The van der Waals surface area contributed by atoms with Crippen molar-refractivity contribution in [3.05, 3.63) is 34.7 Å². The first-order valence-corrected chi connectivity index (χ1v) is 16.6. The average Bonchev–Trinajstić information content (AvgIpc) is 2.35. The van der Waals surface area contributed by atoms with Gasteiger partial charge in [-0.25, -0.2) is 0 Å². The summed E-state index contributed by atoms with van der Waals surface area (Å²) in [6, 6.07) is 0. The van der Waals surface area contributed by atoms with Gasteiger partial charge in [0.05, 0.1) is 16.1 Å². The van der Waals surface area contributed by atoms with Crippen molar-refractivity contribution >= 4 is 16.1 Å². The fourth-order valence-electron chi connectivity index (χ4n) is 2.06. The third kappa shape index (κ3) is 11.4. The summed E-state index contributed by atoms with van der Waals surface area (Å²) in [6.07, 6.45) is 8.37. The molecule has 26 heavy (non-hydrogen) atoms. The minimum absolute atomic E-state index is 0.164. The van der Waals surface area contributed by atoms with Crippen molar-refractivity contribution in [2.75, 3.05) is 0 Å². The first-order chi connectivity index (χ1) is 11.4. The minimum Gasteiger partial charge on any atom is -0.0708 e. The second kappa shape index (κ2) is 9.12. The molecule has 0 aromatic rings. The van der Waals surface area contributed by atoms with E-state index in [4.69, 9.17) is 0 Å². The van der Waals surface area contributed by atoms with Crippen LogP contribution in [0.3, 0.4) is 0 Å². The van der Waals surface area contributed by atoms with Gasteiger partial charge in [-0.05, 0) is 33.4 Å². The van der Waals surface area contributed by atoms with Crippen LogP contribution in [0.1, 0.15) is 41.5 Å². The van der Waals surface area contributed by atoms with Gasteiger partial charge in [-0.1, -0.05) is 117 Å². The molecule has 2 heteroatoms. The summed E-state index contributed by atoms with van der Waals surface area (Å²) in [6.45, 7) is 27.4. The molecule has 0 aromatic heterocycles. The van der Waals surface area contributed by atoms with Crippen molar-refractivity contribution in [1.82, 2.24) is 0 Å². The largest absolute Gasteiger partial charge is 0.0891 e. The topological polar surface area (TPSA) is 0 Å². The lowest BCUT2D eigenvalue weighted by molar-refractivity contribution is 0.544. The Labute approximate surface area is 166 Å². The third-order valence-corrected chi connectivity index (χ3v) is 7.48. The molecule has 0 radical (unpaired) electrons. The van der Waals surface area contributed by atoms with Gasteiger partial charge in [0.25, 0.3) is 0 Å². The zero-order valence-electron chi connectivity index (χ0n) is 19.3. The van der Waals surface area contributed by atoms with Crippen LogP contribution in [-0.4, -0.2) is 16.1 Å². The van der Waals surface area contributed by atoms with Crippen molar-refractivity contribution < 1.29 is 0 Å². The first-order valence-electron chi connectivity index (χ1n) is 9.57. The molecule has 0 nitrogen and oxygen atoms in total. The highest BCUT2D eigenvalue weighted by Gasteiger charge is 2.28. The molecule has 0 aromatic carbocycles. The maximum Gasteiger partial charge on any atom is 0.0891 e. The van der Waals surface area contributed by atoms with E-state index in [1.165, 1.54) is 10.4 Å². The van der Waals surface area contributed by atoms with Crippen LogP contribution in [-0.2, 0) is 0 Å². The Morgan fingerprint density at radius 2 is 0.846 bits per heavy atom. The molecular formula is C24H40Si2. The SMILES string of the molecule is CC(C)(C)/C=C/C#C/C(=C(/C#C/C=C/C(C)(C)C)[Si](C)(C)C)[Si](C)(C)C. The van der Waals surface area contributed by atoms with Gasteiger partial charge < -0.3 is 0 Å². The Kier molecular flexibility index (Phi) is 8.69. The van der Waals surface area contributed by atoms with E-state index < -0.39 is 16.1 Å². The second-order valence-electron chi connectivity index (χ2n) is 11.2. The highest BCUT2D eigenvalue weighted by Crippen LogP contribution is 2.25. The summed E-state index contributed by atoms with van der Waals surface area (Å²) >= 11 is 0. The lowest BCUT2D eigenvalue weighted by atomic mass is 9.96. The Morgan fingerprint density at radius 3 is 1.04 bits per heavy atom. The normalized spacial score (nSPS) is 14.6. The maximum atomic E-state index is 3.51. The summed E-state index contributed by atoms with van der Waals surface area (Å²) < 4.78 is 0. The van der Waals surface area contributed by atoms with E-state index in [1.54, 1.807) is 0 Å². The van der Waals surface area contributed by atoms with E-state index in [0.717, 1.165) is 0 Å². The fourth-order valence-corrected chi connectivity index (χ4v) is 6.83. The summed E-state index contributed by atoms with van der Waals surface area (Å²) in [5.41, 5.74) is 0.327. The van der Waals surface area contributed by atoms with Crippen LogP contribution in [0.5, 0.6) is 0 Å². The van der Waals surface area contributed by atoms with Gasteiger partial charge in [0.15, 0.2) is 0 Å². The molecule has 0 fully saturated rings. The Bertz CT molecular complexity index is 619. The third-order valence-electron chi connectivity index (χ3n) is 3.48. The lowest BCUT2D eigenvalue weighted by Gasteiger charge is -2.25. The average molecular weight is 385 g/mol. The second-order valence-corrected chi connectivity index (χ2v) is 21.2. The van der Waals surface area contributed by atoms with E-state index in [2.05, 4.69) is 117 Å². The molecule has 0 aliphatic carbocycles.